The van der Waals surface area contributed by atoms with Crippen molar-refractivity contribution in [3.63, 3.8) is 0 Å². The summed E-state index contributed by atoms with van der Waals surface area (Å²) in [4.78, 5) is 19.4. The Kier molecular flexibility index (Phi) is 4.71. The molecule has 3 heterocycles. The number of anilines is 1. The summed E-state index contributed by atoms with van der Waals surface area (Å²) in [6.07, 6.45) is 5.70. The van der Waals surface area contributed by atoms with E-state index < -0.39 is 10.0 Å². The van der Waals surface area contributed by atoms with Crippen LogP contribution in [-0.4, -0.2) is 49.6 Å². The second-order valence-electron chi connectivity index (χ2n) is 7.42. The first-order valence-electron chi connectivity index (χ1n) is 9.15. The number of benzene rings is 1. The van der Waals surface area contributed by atoms with Gasteiger partial charge in [-0.05, 0) is 49.9 Å². The fourth-order valence-electron chi connectivity index (χ4n) is 4.22. The fraction of sp³-hybridized carbons (Fsp3) is 0.474. The largest absolute Gasteiger partial charge is 0.338 e. The molecule has 4 rings (SSSR count). The predicted molar refractivity (Wildman–Crippen MR) is 107 cm³/mol. The Balaban J connectivity index is 1.56. The van der Waals surface area contributed by atoms with E-state index in [0.29, 0.717) is 30.1 Å². The molecule has 2 aromatic rings. The number of rotatable bonds is 3. The molecule has 0 radical (unpaired) electrons. The van der Waals surface area contributed by atoms with Gasteiger partial charge in [0.05, 0.1) is 17.0 Å². The Morgan fingerprint density at radius 2 is 2.15 bits per heavy atom. The van der Waals surface area contributed by atoms with Crippen LogP contribution in [0.25, 0.3) is 0 Å². The minimum Gasteiger partial charge on any atom is -0.338 e. The number of thiazole rings is 1. The zero-order valence-electron chi connectivity index (χ0n) is 15.5. The van der Waals surface area contributed by atoms with Crippen LogP contribution in [0.3, 0.4) is 0 Å². The number of hydrogen-bond acceptors (Lipinski definition) is 5. The van der Waals surface area contributed by atoms with Crippen molar-refractivity contribution >= 4 is 33.0 Å². The fourth-order valence-corrected chi connectivity index (χ4v) is 6.25. The quantitative estimate of drug-likeness (QED) is 0.787. The van der Waals surface area contributed by atoms with E-state index >= 15 is 0 Å². The zero-order chi connectivity index (χ0) is 19.2. The monoisotopic (exact) mass is 405 g/mol. The molecule has 144 valence electrons. The number of carbonyl (C=O) groups excluding carboxylic acids is 1. The smallest absolute Gasteiger partial charge is 0.253 e. The van der Waals surface area contributed by atoms with E-state index in [2.05, 4.69) is 4.98 Å². The van der Waals surface area contributed by atoms with Crippen molar-refractivity contribution in [1.82, 2.24) is 9.88 Å². The lowest BCUT2D eigenvalue weighted by Crippen LogP contribution is -2.39. The van der Waals surface area contributed by atoms with Gasteiger partial charge in [-0.1, -0.05) is 0 Å². The lowest BCUT2D eigenvalue weighted by Gasteiger charge is -2.32. The van der Waals surface area contributed by atoms with Crippen LogP contribution >= 0.6 is 11.3 Å². The number of sulfonamides is 1. The summed E-state index contributed by atoms with van der Waals surface area (Å²) in [7, 11) is -3.32. The van der Waals surface area contributed by atoms with Gasteiger partial charge in [-0.3, -0.25) is 9.10 Å². The summed E-state index contributed by atoms with van der Waals surface area (Å²) in [6.45, 7) is 3.34. The number of aromatic nitrogens is 1. The van der Waals surface area contributed by atoms with Crippen molar-refractivity contribution in [1.29, 1.82) is 0 Å². The molecule has 2 aliphatic rings. The highest BCUT2D eigenvalue weighted by atomic mass is 32.2. The Bertz CT molecular complexity index is 957. The molecule has 1 aromatic carbocycles. The van der Waals surface area contributed by atoms with Crippen molar-refractivity contribution in [2.45, 2.75) is 38.1 Å². The van der Waals surface area contributed by atoms with Gasteiger partial charge in [0.25, 0.3) is 5.91 Å². The van der Waals surface area contributed by atoms with Crippen molar-refractivity contribution < 1.29 is 13.2 Å². The topological polar surface area (TPSA) is 70.6 Å². The molecule has 0 bridgehead atoms. The van der Waals surface area contributed by atoms with Gasteiger partial charge in [0.2, 0.25) is 10.0 Å². The highest BCUT2D eigenvalue weighted by Crippen LogP contribution is 2.35. The van der Waals surface area contributed by atoms with Crippen LogP contribution in [0.15, 0.2) is 29.8 Å². The summed E-state index contributed by atoms with van der Waals surface area (Å²) < 4.78 is 25.6. The number of hydrogen-bond donors (Lipinski definition) is 0. The molecule has 1 fully saturated rings. The Labute approximate surface area is 163 Å². The lowest BCUT2D eigenvalue weighted by molar-refractivity contribution is 0.0707. The molecule has 27 heavy (non-hydrogen) atoms. The maximum absolute atomic E-state index is 13.1. The second kappa shape index (κ2) is 6.91. The summed E-state index contributed by atoms with van der Waals surface area (Å²) in [6, 6.07) is 5.27. The maximum atomic E-state index is 13.1. The zero-order valence-corrected chi connectivity index (χ0v) is 17.1. The standard InChI is InChI=1S/C19H23N3O3S2/c1-13-10-16-11-14(5-6-17(16)22(13)27(2,24)25)19(23)21-8-3-4-15(12-21)18-20-7-9-26-18/h5-7,9,11,13,15H,3-4,8,10,12H2,1-2H3. The predicted octanol–water partition coefficient (Wildman–Crippen LogP) is 2.87. The van der Waals surface area contributed by atoms with Crippen LogP contribution in [0.5, 0.6) is 0 Å². The van der Waals surface area contributed by atoms with Crippen LogP contribution in [0.4, 0.5) is 5.69 Å². The first-order chi connectivity index (χ1) is 12.8. The molecule has 1 amide bonds. The normalized spacial score (nSPS) is 22.7. The summed E-state index contributed by atoms with van der Waals surface area (Å²) in [5.74, 6) is 0.322. The average Bonchev–Trinajstić information content (AvgIpc) is 3.26. The number of piperidine rings is 1. The van der Waals surface area contributed by atoms with Crippen molar-refractivity contribution in [3.8, 4) is 0 Å². The van der Waals surface area contributed by atoms with E-state index in [9.17, 15) is 13.2 Å². The molecule has 0 spiro atoms. The van der Waals surface area contributed by atoms with Gasteiger partial charge in [-0.2, -0.15) is 0 Å². The van der Waals surface area contributed by atoms with E-state index in [4.69, 9.17) is 0 Å². The van der Waals surface area contributed by atoms with Crippen molar-refractivity contribution in [2.75, 3.05) is 23.7 Å². The highest BCUT2D eigenvalue weighted by Gasteiger charge is 2.33. The van der Waals surface area contributed by atoms with Crippen LogP contribution in [0.2, 0.25) is 0 Å². The van der Waals surface area contributed by atoms with Gasteiger partial charge in [0, 0.05) is 42.2 Å². The van der Waals surface area contributed by atoms with Gasteiger partial charge in [0.1, 0.15) is 0 Å². The molecule has 0 saturated carbocycles. The Morgan fingerprint density at radius 3 is 2.85 bits per heavy atom. The van der Waals surface area contributed by atoms with Crippen LogP contribution in [-0.2, 0) is 16.4 Å². The van der Waals surface area contributed by atoms with Crippen LogP contribution in [0.1, 0.15) is 46.6 Å². The SMILES string of the molecule is CC1Cc2cc(C(=O)N3CCCC(c4nccs4)C3)ccc2N1S(C)(=O)=O. The van der Waals surface area contributed by atoms with Gasteiger partial charge < -0.3 is 4.90 Å². The van der Waals surface area contributed by atoms with E-state index in [1.807, 2.05) is 29.5 Å². The molecular weight excluding hydrogens is 382 g/mol. The molecule has 1 aromatic heterocycles. The summed E-state index contributed by atoms with van der Waals surface area (Å²) in [5, 5.41) is 3.07. The number of nitrogens with zero attached hydrogens (tertiary/aromatic N) is 3. The molecule has 0 N–H and O–H groups in total. The van der Waals surface area contributed by atoms with Gasteiger partial charge in [-0.15, -0.1) is 11.3 Å². The highest BCUT2D eigenvalue weighted by molar-refractivity contribution is 7.92. The number of likely N-dealkylation sites (tertiary alicyclic amines) is 1. The van der Waals surface area contributed by atoms with Gasteiger partial charge in [-0.25, -0.2) is 13.4 Å². The summed E-state index contributed by atoms with van der Waals surface area (Å²) >= 11 is 1.65. The molecule has 1 saturated heterocycles. The second-order valence-corrected chi connectivity index (χ2v) is 10.2. The molecule has 8 heteroatoms. The van der Waals surface area contributed by atoms with Crippen molar-refractivity contribution in [2.24, 2.45) is 0 Å². The third-order valence-electron chi connectivity index (χ3n) is 5.35. The number of fused-ring (bicyclic) bond motifs is 1. The maximum Gasteiger partial charge on any atom is 0.253 e. The van der Waals surface area contributed by atoms with E-state index in [-0.39, 0.29) is 11.9 Å². The molecule has 6 nitrogen and oxygen atoms in total. The minimum absolute atomic E-state index is 0.0181. The van der Waals surface area contributed by atoms with E-state index in [0.717, 1.165) is 30.0 Å². The van der Waals surface area contributed by atoms with Gasteiger partial charge in [0.15, 0.2) is 0 Å². The molecule has 2 atom stereocenters. The molecule has 2 unspecified atom stereocenters. The average molecular weight is 406 g/mol. The Hall–Kier alpha value is -1.93. The van der Waals surface area contributed by atoms with Crippen LogP contribution in [0, 0.1) is 0 Å². The Morgan fingerprint density at radius 1 is 1.33 bits per heavy atom. The third-order valence-corrected chi connectivity index (χ3v) is 7.56. The lowest BCUT2D eigenvalue weighted by atomic mass is 9.97. The van der Waals surface area contributed by atoms with Crippen molar-refractivity contribution in [3.05, 3.63) is 45.9 Å². The minimum atomic E-state index is -3.32. The van der Waals surface area contributed by atoms with E-state index in [1.165, 1.54) is 10.6 Å². The third kappa shape index (κ3) is 3.48. The van der Waals surface area contributed by atoms with Gasteiger partial charge >= 0.3 is 0 Å². The summed E-state index contributed by atoms with van der Waals surface area (Å²) in [5.41, 5.74) is 2.25. The number of carbonyl (C=O) groups is 1. The molecule has 2 aliphatic heterocycles. The molecular formula is C19H23N3O3S2. The first-order valence-corrected chi connectivity index (χ1v) is 11.9. The van der Waals surface area contributed by atoms with Crippen LogP contribution < -0.4 is 4.31 Å². The first kappa shape index (κ1) is 18.4. The van der Waals surface area contributed by atoms with E-state index in [1.54, 1.807) is 23.5 Å². The molecule has 0 aliphatic carbocycles. The number of amides is 1.